The molecule has 0 aliphatic heterocycles. The zero-order valence-corrected chi connectivity index (χ0v) is 13.4. The molecule has 0 radical (unpaired) electrons. The van der Waals surface area contributed by atoms with Crippen molar-refractivity contribution in [2.45, 2.75) is 18.3 Å². The van der Waals surface area contributed by atoms with Gasteiger partial charge in [0.2, 0.25) is 5.91 Å². The Kier molecular flexibility index (Phi) is 3.54. The lowest BCUT2D eigenvalue weighted by atomic mass is 9.95. The molecule has 0 saturated heterocycles. The Hall–Kier alpha value is -2.73. The van der Waals surface area contributed by atoms with Crippen LogP contribution in [0.25, 0.3) is 5.69 Å². The van der Waals surface area contributed by atoms with E-state index in [4.69, 9.17) is 11.6 Å². The number of carbonyl (C=O) groups is 1. The lowest BCUT2D eigenvalue weighted by Crippen LogP contribution is -2.27. The third kappa shape index (κ3) is 2.65. The number of rotatable bonds is 4. The molecule has 0 atom stereocenters. The zero-order valence-electron chi connectivity index (χ0n) is 12.7. The molecule has 1 heterocycles. The molecule has 2 aromatic carbocycles. The van der Waals surface area contributed by atoms with Crippen molar-refractivity contribution in [1.29, 1.82) is 0 Å². The number of aromatic nitrogens is 4. The highest BCUT2D eigenvalue weighted by Crippen LogP contribution is 2.49. The van der Waals surface area contributed by atoms with Crippen LogP contribution in [0.1, 0.15) is 18.4 Å². The first kappa shape index (κ1) is 14.8. The summed E-state index contributed by atoms with van der Waals surface area (Å²) in [5.41, 5.74) is 2.05. The standard InChI is InChI=1S/C17H14ClN5O/c18-13-6-4-12(5-7-13)17(8-9-17)16(24)20-14-2-1-3-15(10-14)23-11-19-21-22-23/h1-7,10-11H,8-9H2,(H,20,24). The molecule has 0 bridgehead atoms. The summed E-state index contributed by atoms with van der Waals surface area (Å²) >= 11 is 5.94. The molecule has 1 aliphatic carbocycles. The van der Waals surface area contributed by atoms with E-state index >= 15 is 0 Å². The van der Waals surface area contributed by atoms with Crippen LogP contribution in [-0.4, -0.2) is 26.1 Å². The van der Waals surface area contributed by atoms with Crippen LogP contribution in [0.5, 0.6) is 0 Å². The molecular weight excluding hydrogens is 326 g/mol. The minimum atomic E-state index is -0.449. The van der Waals surface area contributed by atoms with Crippen LogP contribution in [0.4, 0.5) is 5.69 Å². The van der Waals surface area contributed by atoms with Gasteiger partial charge in [0, 0.05) is 10.7 Å². The Morgan fingerprint density at radius 3 is 2.62 bits per heavy atom. The van der Waals surface area contributed by atoms with Gasteiger partial charge in [-0.3, -0.25) is 4.79 Å². The molecule has 4 rings (SSSR count). The molecule has 1 aromatic heterocycles. The third-order valence-electron chi connectivity index (χ3n) is 4.30. The minimum absolute atomic E-state index is 0.00122. The van der Waals surface area contributed by atoms with Gasteiger partial charge in [-0.05, 0) is 59.2 Å². The van der Waals surface area contributed by atoms with Crippen LogP contribution in [0.3, 0.4) is 0 Å². The molecule has 120 valence electrons. The predicted molar refractivity (Wildman–Crippen MR) is 90.1 cm³/mol. The van der Waals surface area contributed by atoms with Gasteiger partial charge in [-0.15, -0.1) is 5.10 Å². The fraction of sp³-hybridized carbons (Fsp3) is 0.176. The van der Waals surface area contributed by atoms with E-state index < -0.39 is 5.41 Å². The molecule has 3 aromatic rings. The van der Waals surface area contributed by atoms with E-state index in [2.05, 4.69) is 20.8 Å². The second kappa shape index (κ2) is 5.72. The van der Waals surface area contributed by atoms with Crippen molar-refractivity contribution >= 4 is 23.2 Å². The van der Waals surface area contributed by atoms with Crippen LogP contribution >= 0.6 is 11.6 Å². The van der Waals surface area contributed by atoms with E-state index in [1.54, 1.807) is 4.68 Å². The largest absolute Gasteiger partial charge is 0.325 e. The third-order valence-corrected chi connectivity index (χ3v) is 4.55. The van der Waals surface area contributed by atoms with E-state index in [0.717, 1.165) is 24.1 Å². The second-order valence-corrected chi connectivity index (χ2v) is 6.28. The summed E-state index contributed by atoms with van der Waals surface area (Å²) in [6.45, 7) is 0. The summed E-state index contributed by atoms with van der Waals surface area (Å²) in [7, 11) is 0. The molecule has 1 amide bonds. The van der Waals surface area contributed by atoms with Crippen molar-refractivity contribution in [3.05, 3.63) is 65.4 Å². The SMILES string of the molecule is O=C(Nc1cccc(-n2cnnn2)c1)C1(c2ccc(Cl)cc2)CC1. The molecule has 1 saturated carbocycles. The molecule has 1 fully saturated rings. The molecule has 6 nitrogen and oxygen atoms in total. The highest BCUT2D eigenvalue weighted by atomic mass is 35.5. The summed E-state index contributed by atoms with van der Waals surface area (Å²) in [4.78, 5) is 12.8. The molecule has 0 spiro atoms. The van der Waals surface area contributed by atoms with E-state index in [0.29, 0.717) is 10.7 Å². The Bertz CT molecular complexity index is 872. The van der Waals surface area contributed by atoms with Gasteiger partial charge >= 0.3 is 0 Å². The lowest BCUT2D eigenvalue weighted by molar-refractivity contribution is -0.118. The van der Waals surface area contributed by atoms with Gasteiger partial charge in [0.15, 0.2) is 0 Å². The maximum atomic E-state index is 12.8. The van der Waals surface area contributed by atoms with Gasteiger partial charge in [-0.2, -0.15) is 0 Å². The van der Waals surface area contributed by atoms with Crippen molar-refractivity contribution < 1.29 is 4.79 Å². The second-order valence-electron chi connectivity index (χ2n) is 5.85. The van der Waals surface area contributed by atoms with Crippen molar-refractivity contribution in [2.75, 3.05) is 5.32 Å². The van der Waals surface area contributed by atoms with E-state index in [9.17, 15) is 4.79 Å². The number of benzene rings is 2. The quantitative estimate of drug-likeness (QED) is 0.793. The van der Waals surface area contributed by atoms with Gasteiger partial charge in [0.25, 0.3) is 0 Å². The Morgan fingerprint density at radius 1 is 1.17 bits per heavy atom. The van der Waals surface area contributed by atoms with Crippen molar-refractivity contribution in [2.24, 2.45) is 0 Å². The summed E-state index contributed by atoms with van der Waals surface area (Å²) in [6, 6.07) is 14.9. The van der Waals surface area contributed by atoms with Crippen molar-refractivity contribution in [1.82, 2.24) is 20.2 Å². The van der Waals surface area contributed by atoms with E-state index in [1.807, 2.05) is 48.5 Å². The monoisotopic (exact) mass is 339 g/mol. The molecular formula is C17H14ClN5O. The summed E-state index contributed by atoms with van der Waals surface area (Å²) < 4.78 is 1.54. The van der Waals surface area contributed by atoms with Crippen LogP contribution in [0, 0.1) is 0 Å². The van der Waals surface area contributed by atoms with Crippen LogP contribution in [0.15, 0.2) is 54.9 Å². The fourth-order valence-corrected chi connectivity index (χ4v) is 2.92. The number of nitrogens with zero attached hydrogens (tertiary/aromatic N) is 4. The number of nitrogens with one attached hydrogen (secondary N) is 1. The van der Waals surface area contributed by atoms with E-state index in [-0.39, 0.29) is 5.91 Å². The molecule has 24 heavy (non-hydrogen) atoms. The number of hydrogen-bond acceptors (Lipinski definition) is 4. The number of hydrogen-bond donors (Lipinski definition) is 1. The molecule has 7 heteroatoms. The number of carbonyl (C=O) groups excluding carboxylic acids is 1. The zero-order chi connectivity index (χ0) is 16.6. The maximum absolute atomic E-state index is 12.8. The van der Waals surface area contributed by atoms with Gasteiger partial charge in [0.05, 0.1) is 11.1 Å². The smallest absolute Gasteiger partial charge is 0.235 e. The van der Waals surface area contributed by atoms with Gasteiger partial charge in [-0.25, -0.2) is 4.68 Å². The summed E-state index contributed by atoms with van der Waals surface area (Å²) in [5.74, 6) is -0.00122. The highest BCUT2D eigenvalue weighted by molar-refractivity contribution is 6.30. The summed E-state index contributed by atoms with van der Waals surface area (Å²) in [5, 5.41) is 14.8. The number of amides is 1. The van der Waals surface area contributed by atoms with Crippen LogP contribution in [0.2, 0.25) is 5.02 Å². The van der Waals surface area contributed by atoms with Crippen molar-refractivity contribution in [3.63, 3.8) is 0 Å². The first-order valence-corrected chi connectivity index (χ1v) is 7.96. The minimum Gasteiger partial charge on any atom is -0.325 e. The lowest BCUT2D eigenvalue weighted by Gasteiger charge is -2.16. The van der Waals surface area contributed by atoms with Crippen LogP contribution < -0.4 is 5.32 Å². The van der Waals surface area contributed by atoms with Gasteiger partial charge in [0.1, 0.15) is 6.33 Å². The van der Waals surface area contributed by atoms with Crippen LogP contribution in [-0.2, 0) is 10.2 Å². The molecule has 1 N–H and O–H groups in total. The Morgan fingerprint density at radius 2 is 1.96 bits per heavy atom. The van der Waals surface area contributed by atoms with Crippen molar-refractivity contribution in [3.8, 4) is 5.69 Å². The maximum Gasteiger partial charge on any atom is 0.235 e. The first-order valence-electron chi connectivity index (χ1n) is 7.58. The topological polar surface area (TPSA) is 72.7 Å². The molecule has 1 aliphatic rings. The Labute approximate surface area is 143 Å². The fourth-order valence-electron chi connectivity index (χ4n) is 2.80. The number of halogens is 1. The van der Waals surface area contributed by atoms with Gasteiger partial charge < -0.3 is 5.32 Å². The average molecular weight is 340 g/mol. The first-order chi connectivity index (χ1) is 11.7. The Balaban J connectivity index is 1.56. The van der Waals surface area contributed by atoms with E-state index in [1.165, 1.54) is 6.33 Å². The molecule has 0 unspecified atom stereocenters. The average Bonchev–Trinajstić information content (AvgIpc) is 3.22. The highest BCUT2D eigenvalue weighted by Gasteiger charge is 2.51. The normalized spacial score (nSPS) is 15.0. The number of tetrazole rings is 1. The summed E-state index contributed by atoms with van der Waals surface area (Å²) in [6.07, 6.45) is 3.19. The number of anilines is 1. The van der Waals surface area contributed by atoms with Gasteiger partial charge in [-0.1, -0.05) is 29.8 Å². The predicted octanol–water partition coefficient (Wildman–Crippen LogP) is 2.99.